The third-order valence-electron chi connectivity index (χ3n) is 5.06. The summed E-state index contributed by atoms with van der Waals surface area (Å²) in [7, 11) is -3.49. The minimum Gasteiger partial charge on any atom is -0.357 e. The predicted molar refractivity (Wildman–Crippen MR) is 120 cm³/mol. The molecule has 1 saturated heterocycles. The summed E-state index contributed by atoms with van der Waals surface area (Å²) < 4.78 is 27.9. The molecule has 0 saturated carbocycles. The van der Waals surface area contributed by atoms with Gasteiger partial charge in [0.05, 0.1) is 11.4 Å². The molecule has 2 heterocycles. The Kier molecular flexibility index (Phi) is 8.21. The Balaban J connectivity index is 1.69. The molecule has 8 heteroatoms. The van der Waals surface area contributed by atoms with Crippen LogP contribution in [0.5, 0.6) is 0 Å². The van der Waals surface area contributed by atoms with Crippen LogP contribution in [0.15, 0.2) is 58.5 Å². The van der Waals surface area contributed by atoms with Crippen molar-refractivity contribution in [2.24, 2.45) is 4.99 Å². The molecule has 1 aliphatic rings. The Labute approximate surface area is 179 Å². The Hall–Kier alpha value is -2.45. The monoisotopic (exact) mass is 429 g/mol. The fourth-order valence-corrected chi connectivity index (χ4v) is 5.22. The van der Waals surface area contributed by atoms with Gasteiger partial charge in [-0.25, -0.2) is 13.4 Å². The Bertz CT molecular complexity index is 926. The molecule has 1 fully saturated rings. The van der Waals surface area contributed by atoms with Crippen molar-refractivity contribution in [3.05, 3.63) is 59.9 Å². The topological polar surface area (TPSA) is 86.7 Å². The Morgan fingerprint density at radius 1 is 1.07 bits per heavy atom. The molecule has 1 aromatic heterocycles. The first-order chi connectivity index (χ1) is 14.6. The van der Waals surface area contributed by atoms with Crippen molar-refractivity contribution in [2.75, 3.05) is 26.2 Å². The minimum absolute atomic E-state index is 0.294. The first-order valence-electron chi connectivity index (χ1n) is 10.6. The normalized spacial score (nSPS) is 15.7. The number of nitrogens with one attached hydrogen (secondary N) is 2. The van der Waals surface area contributed by atoms with Gasteiger partial charge in [-0.15, -0.1) is 0 Å². The van der Waals surface area contributed by atoms with Crippen molar-refractivity contribution in [3.63, 3.8) is 0 Å². The second-order valence-electron chi connectivity index (χ2n) is 7.27. The van der Waals surface area contributed by atoms with Gasteiger partial charge in [0.2, 0.25) is 10.0 Å². The van der Waals surface area contributed by atoms with Gasteiger partial charge in [-0.2, -0.15) is 4.31 Å². The summed E-state index contributed by atoms with van der Waals surface area (Å²) in [5, 5.41) is 6.52. The molecule has 0 aliphatic carbocycles. The average Bonchev–Trinajstić information content (AvgIpc) is 2.79. The van der Waals surface area contributed by atoms with Gasteiger partial charge in [-0.3, -0.25) is 4.98 Å². The molecule has 2 aromatic rings. The number of aliphatic imine (C=N–C) groups is 1. The molecule has 0 atom stereocenters. The van der Waals surface area contributed by atoms with Crippen LogP contribution < -0.4 is 10.6 Å². The molecular weight excluding hydrogens is 398 g/mol. The van der Waals surface area contributed by atoms with Crippen molar-refractivity contribution in [1.29, 1.82) is 0 Å². The summed E-state index contributed by atoms with van der Waals surface area (Å²) in [6.07, 6.45) is 5.50. The lowest BCUT2D eigenvalue weighted by molar-refractivity contribution is 0.346. The van der Waals surface area contributed by atoms with E-state index in [4.69, 9.17) is 0 Å². The van der Waals surface area contributed by atoms with Crippen LogP contribution in [0.25, 0.3) is 0 Å². The number of nitrogens with zero attached hydrogens (tertiary/aromatic N) is 3. The van der Waals surface area contributed by atoms with Crippen LogP contribution >= 0.6 is 0 Å². The summed E-state index contributed by atoms with van der Waals surface area (Å²) in [5.41, 5.74) is 1.73. The highest BCUT2D eigenvalue weighted by Gasteiger charge is 2.27. The molecule has 0 spiro atoms. The van der Waals surface area contributed by atoms with E-state index in [0.29, 0.717) is 42.6 Å². The van der Waals surface area contributed by atoms with Crippen LogP contribution in [0.3, 0.4) is 0 Å². The highest BCUT2D eigenvalue weighted by molar-refractivity contribution is 7.89. The number of guanidine groups is 1. The predicted octanol–water partition coefficient (Wildman–Crippen LogP) is 2.55. The molecule has 0 unspecified atom stereocenters. The molecule has 1 aliphatic heterocycles. The first kappa shape index (κ1) is 22.2. The van der Waals surface area contributed by atoms with Crippen LogP contribution in [0.2, 0.25) is 0 Å². The van der Waals surface area contributed by atoms with E-state index in [-0.39, 0.29) is 0 Å². The average molecular weight is 430 g/mol. The number of rotatable bonds is 8. The highest BCUT2D eigenvalue weighted by atomic mass is 32.2. The number of benzene rings is 1. The van der Waals surface area contributed by atoms with Crippen molar-refractivity contribution in [2.45, 2.75) is 44.0 Å². The molecule has 0 amide bonds. The number of hydrogen-bond acceptors (Lipinski definition) is 4. The number of hydrogen-bond donors (Lipinski definition) is 2. The number of pyridine rings is 1. The van der Waals surface area contributed by atoms with E-state index in [1.807, 2.05) is 37.3 Å². The maximum Gasteiger partial charge on any atom is 0.243 e. The quantitative estimate of drug-likeness (QED) is 0.497. The van der Waals surface area contributed by atoms with Crippen molar-refractivity contribution >= 4 is 16.0 Å². The van der Waals surface area contributed by atoms with Crippen LogP contribution in [-0.2, 0) is 23.0 Å². The molecule has 2 N–H and O–H groups in total. The fraction of sp³-hybridized carbons (Fsp3) is 0.455. The molecule has 30 heavy (non-hydrogen) atoms. The Morgan fingerprint density at radius 2 is 1.83 bits per heavy atom. The molecule has 1 aromatic carbocycles. The maximum absolute atomic E-state index is 13.1. The van der Waals surface area contributed by atoms with E-state index in [2.05, 4.69) is 20.6 Å². The Morgan fingerprint density at radius 3 is 2.57 bits per heavy atom. The molecule has 0 radical (unpaired) electrons. The molecule has 0 bridgehead atoms. The van der Waals surface area contributed by atoms with Crippen LogP contribution in [0, 0.1) is 0 Å². The lowest BCUT2D eigenvalue weighted by atomic mass is 10.2. The molecular formula is C22H31N5O2S. The van der Waals surface area contributed by atoms with Crippen molar-refractivity contribution in [3.8, 4) is 0 Å². The zero-order valence-corrected chi connectivity index (χ0v) is 18.4. The van der Waals surface area contributed by atoms with Gasteiger partial charge < -0.3 is 10.6 Å². The summed E-state index contributed by atoms with van der Waals surface area (Å²) in [4.78, 5) is 9.31. The zero-order valence-electron chi connectivity index (χ0n) is 17.5. The molecule has 162 valence electrons. The van der Waals surface area contributed by atoms with E-state index < -0.39 is 10.0 Å². The van der Waals surface area contributed by atoms with Crippen molar-refractivity contribution in [1.82, 2.24) is 19.9 Å². The van der Waals surface area contributed by atoms with E-state index in [1.165, 1.54) is 0 Å². The van der Waals surface area contributed by atoms with Gasteiger partial charge >= 0.3 is 0 Å². The second kappa shape index (κ2) is 11.1. The summed E-state index contributed by atoms with van der Waals surface area (Å²) in [6, 6.07) is 13.0. The molecule has 7 nitrogen and oxygen atoms in total. The SMILES string of the molecule is CCNC(=NCc1ccccc1S(=O)(=O)N1CCCCC1)NCCc1ccccn1. The van der Waals surface area contributed by atoms with Crippen LogP contribution in [0.1, 0.15) is 37.4 Å². The van der Waals surface area contributed by atoms with E-state index in [1.54, 1.807) is 22.6 Å². The van der Waals surface area contributed by atoms with Crippen LogP contribution in [0.4, 0.5) is 0 Å². The summed E-state index contributed by atoms with van der Waals surface area (Å²) >= 11 is 0. The third-order valence-corrected chi connectivity index (χ3v) is 7.06. The second-order valence-corrected chi connectivity index (χ2v) is 9.17. The summed E-state index contributed by atoms with van der Waals surface area (Å²) in [6.45, 7) is 4.90. The number of sulfonamides is 1. The fourth-order valence-electron chi connectivity index (χ4n) is 3.49. The lowest BCUT2D eigenvalue weighted by Crippen LogP contribution is -2.38. The van der Waals surface area contributed by atoms with Gasteiger partial charge in [0.1, 0.15) is 0 Å². The summed E-state index contributed by atoms with van der Waals surface area (Å²) in [5.74, 6) is 0.665. The van der Waals surface area contributed by atoms with Gasteiger partial charge in [0.25, 0.3) is 0 Å². The van der Waals surface area contributed by atoms with Crippen molar-refractivity contribution < 1.29 is 8.42 Å². The minimum atomic E-state index is -3.49. The number of aromatic nitrogens is 1. The van der Waals surface area contributed by atoms with E-state index in [9.17, 15) is 8.42 Å². The van der Waals surface area contributed by atoms with Gasteiger partial charge in [-0.05, 0) is 43.5 Å². The smallest absolute Gasteiger partial charge is 0.243 e. The van der Waals surface area contributed by atoms with Gasteiger partial charge in [-0.1, -0.05) is 30.7 Å². The van der Waals surface area contributed by atoms with Gasteiger partial charge in [0, 0.05) is 44.5 Å². The van der Waals surface area contributed by atoms with Gasteiger partial charge in [0.15, 0.2) is 5.96 Å². The van der Waals surface area contributed by atoms with E-state index in [0.717, 1.165) is 37.9 Å². The first-order valence-corrected chi connectivity index (χ1v) is 12.1. The third kappa shape index (κ3) is 6.03. The standard InChI is InChI=1S/C22H31N5O2S/c1-2-23-22(25-15-13-20-11-6-7-14-24-20)26-18-19-10-4-5-12-21(19)30(28,29)27-16-8-3-9-17-27/h4-7,10-12,14H,2-3,8-9,13,15-18H2,1H3,(H2,23,25,26). The highest BCUT2D eigenvalue weighted by Crippen LogP contribution is 2.24. The zero-order chi connectivity index (χ0) is 21.2. The lowest BCUT2D eigenvalue weighted by Gasteiger charge is -2.26. The molecule has 3 rings (SSSR count). The number of piperidine rings is 1. The largest absolute Gasteiger partial charge is 0.357 e. The maximum atomic E-state index is 13.1. The van der Waals surface area contributed by atoms with E-state index >= 15 is 0 Å². The van der Waals surface area contributed by atoms with Crippen LogP contribution in [-0.4, -0.2) is 49.8 Å².